The molecule has 0 saturated carbocycles. The summed E-state index contributed by atoms with van der Waals surface area (Å²) in [5.74, 6) is -3.17. The fraction of sp³-hybridized carbons (Fsp3) is 0.267. The van der Waals surface area contributed by atoms with Crippen LogP contribution in [0.25, 0.3) is 0 Å². The van der Waals surface area contributed by atoms with Crippen LogP contribution < -0.4 is 17.0 Å². The van der Waals surface area contributed by atoms with Gasteiger partial charge in [0, 0.05) is 0 Å². The predicted octanol–water partition coefficient (Wildman–Crippen LogP) is 0.0900. The Morgan fingerprint density at radius 1 is 1.27 bits per heavy atom. The summed E-state index contributed by atoms with van der Waals surface area (Å²) in [7, 11) is 0.601. The highest BCUT2D eigenvalue weighted by Crippen LogP contribution is 2.40. The number of nitrogens with one attached hydrogen (secondary N) is 1. The number of methoxy groups -OCH3 is 1. The van der Waals surface area contributed by atoms with Gasteiger partial charge in [-0.15, -0.1) is 0 Å². The molecule has 0 saturated heterocycles. The lowest BCUT2D eigenvalue weighted by molar-refractivity contribution is -0.267. The lowest BCUT2D eigenvalue weighted by atomic mass is 9.94. The number of H-pyrrole nitrogens is 1. The zero-order valence-electron chi connectivity index (χ0n) is 13.3. The summed E-state index contributed by atoms with van der Waals surface area (Å²) in [6, 6.07) is 8.03. The number of halogens is 3. The van der Waals surface area contributed by atoms with E-state index in [2.05, 4.69) is 4.74 Å². The molecule has 26 heavy (non-hydrogen) atoms. The fourth-order valence-corrected chi connectivity index (χ4v) is 2.37. The van der Waals surface area contributed by atoms with Crippen LogP contribution in [0.3, 0.4) is 0 Å². The summed E-state index contributed by atoms with van der Waals surface area (Å²) in [4.78, 5) is 37.2. The molecule has 0 aliphatic rings. The molecule has 8 nitrogen and oxygen atoms in total. The number of aromatic nitrogens is 2. The van der Waals surface area contributed by atoms with E-state index in [1.807, 2.05) is 0 Å². The molecule has 0 aliphatic heterocycles. The zero-order chi connectivity index (χ0) is 19.7. The zero-order valence-corrected chi connectivity index (χ0v) is 13.3. The van der Waals surface area contributed by atoms with Crippen LogP contribution >= 0.6 is 0 Å². The monoisotopic (exact) mass is 373 g/mol. The SMILES string of the molecule is COC(=O)[C@](O)(c1c(N)n(Cc2ccccc2)c(=O)[nH]c1=O)C(F)(F)F. The molecule has 4 N–H and O–H groups in total. The minimum absolute atomic E-state index is 0.301. The molecule has 0 aliphatic carbocycles. The third-order valence-electron chi connectivity index (χ3n) is 3.68. The molecule has 0 amide bonds. The second kappa shape index (κ2) is 6.67. The molecule has 1 aromatic carbocycles. The second-order valence-electron chi connectivity index (χ2n) is 5.29. The molecule has 0 spiro atoms. The summed E-state index contributed by atoms with van der Waals surface area (Å²) in [6.45, 7) is -0.301. The van der Waals surface area contributed by atoms with E-state index in [4.69, 9.17) is 5.73 Å². The number of nitrogens with zero attached hydrogens (tertiary/aromatic N) is 1. The molecule has 11 heteroatoms. The van der Waals surface area contributed by atoms with E-state index in [9.17, 15) is 32.7 Å². The molecule has 0 fully saturated rings. The maximum Gasteiger partial charge on any atom is 0.432 e. The van der Waals surface area contributed by atoms with Crippen LogP contribution in [-0.4, -0.2) is 33.9 Å². The minimum atomic E-state index is -5.63. The van der Waals surface area contributed by atoms with Gasteiger partial charge in [-0.3, -0.25) is 14.3 Å². The summed E-state index contributed by atoms with van der Waals surface area (Å²) in [5.41, 5.74) is -2.57. The van der Waals surface area contributed by atoms with Gasteiger partial charge in [0.15, 0.2) is 0 Å². The Balaban J connectivity index is 2.77. The Hall–Kier alpha value is -3.08. The number of esters is 1. The minimum Gasteiger partial charge on any atom is -0.466 e. The van der Waals surface area contributed by atoms with Crippen LogP contribution in [0, 0.1) is 0 Å². The van der Waals surface area contributed by atoms with Crippen LogP contribution in [0.1, 0.15) is 11.1 Å². The molecule has 0 bridgehead atoms. The van der Waals surface area contributed by atoms with Crippen molar-refractivity contribution in [1.29, 1.82) is 0 Å². The van der Waals surface area contributed by atoms with Gasteiger partial charge >= 0.3 is 17.8 Å². The fourth-order valence-electron chi connectivity index (χ4n) is 2.37. The molecular formula is C15H14F3N3O5. The lowest BCUT2D eigenvalue weighted by Crippen LogP contribution is -2.54. The van der Waals surface area contributed by atoms with Crippen molar-refractivity contribution >= 4 is 11.8 Å². The van der Waals surface area contributed by atoms with Crippen molar-refractivity contribution in [3.63, 3.8) is 0 Å². The van der Waals surface area contributed by atoms with Crippen molar-refractivity contribution < 1.29 is 27.8 Å². The number of carbonyl (C=O) groups excluding carboxylic acids is 1. The molecule has 1 heterocycles. The van der Waals surface area contributed by atoms with Crippen LogP contribution in [0.5, 0.6) is 0 Å². The van der Waals surface area contributed by atoms with Gasteiger partial charge in [0.05, 0.1) is 13.7 Å². The number of aromatic amines is 1. The van der Waals surface area contributed by atoms with Crippen LogP contribution in [0.4, 0.5) is 19.0 Å². The number of carbonyl (C=O) groups is 1. The Morgan fingerprint density at radius 3 is 2.35 bits per heavy atom. The Kier molecular flexibility index (Phi) is 4.94. The number of nitrogen functional groups attached to an aromatic ring is 1. The summed E-state index contributed by atoms with van der Waals surface area (Å²) in [6.07, 6.45) is -5.63. The van der Waals surface area contributed by atoms with E-state index >= 15 is 0 Å². The van der Waals surface area contributed by atoms with Crippen LogP contribution in [-0.2, 0) is 21.7 Å². The predicted molar refractivity (Wildman–Crippen MR) is 83.2 cm³/mol. The van der Waals surface area contributed by atoms with E-state index in [0.717, 1.165) is 0 Å². The first kappa shape index (κ1) is 19.2. The molecule has 140 valence electrons. The highest BCUT2D eigenvalue weighted by molar-refractivity contribution is 5.83. The van der Waals surface area contributed by atoms with Gasteiger partial charge < -0.3 is 15.6 Å². The number of ether oxygens (including phenoxy) is 1. The Bertz CT molecular complexity index is 936. The number of benzene rings is 1. The van der Waals surface area contributed by atoms with Gasteiger partial charge in [0.1, 0.15) is 11.4 Å². The third kappa shape index (κ3) is 3.08. The average molecular weight is 373 g/mol. The van der Waals surface area contributed by atoms with Gasteiger partial charge in [0.2, 0.25) is 0 Å². The van der Waals surface area contributed by atoms with Gasteiger partial charge in [-0.05, 0) is 5.56 Å². The largest absolute Gasteiger partial charge is 0.466 e. The standard InChI is InChI=1S/C15H14F3N3O5/c1-26-12(23)14(25,15(16,17)18)9-10(19)21(13(24)20-11(9)22)7-8-5-3-2-4-6-8/h2-6,25H,7,19H2,1H3,(H,20,22,24)/t14-/m1/s1. The molecule has 2 aromatic rings. The lowest BCUT2D eigenvalue weighted by Gasteiger charge is -2.28. The smallest absolute Gasteiger partial charge is 0.432 e. The maximum absolute atomic E-state index is 13.4. The summed E-state index contributed by atoms with van der Waals surface area (Å²) < 4.78 is 44.8. The topological polar surface area (TPSA) is 127 Å². The Labute approximate surface area is 143 Å². The van der Waals surface area contributed by atoms with Crippen molar-refractivity contribution in [3.05, 3.63) is 62.3 Å². The number of hydrogen-bond acceptors (Lipinski definition) is 6. The van der Waals surface area contributed by atoms with E-state index in [0.29, 0.717) is 17.2 Å². The van der Waals surface area contributed by atoms with Gasteiger partial charge in [-0.25, -0.2) is 9.59 Å². The van der Waals surface area contributed by atoms with E-state index < -0.39 is 40.4 Å². The van der Waals surface area contributed by atoms with Gasteiger partial charge in [-0.2, -0.15) is 13.2 Å². The highest BCUT2D eigenvalue weighted by atomic mass is 19.4. The normalized spacial score (nSPS) is 13.9. The first-order valence-corrected chi connectivity index (χ1v) is 7.08. The number of nitrogens with two attached hydrogens (primary N) is 1. The number of aliphatic hydroxyl groups is 1. The average Bonchev–Trinajstić information content (AvgIpc) is 2.57. The van der Waals surface area contributed by atoms with Crippen molar-refractivity contribution in [2.24, 2.45) is 0 Å². The van der Waals surface area contributed by atoms with Gasteiger partial charge in [-0.1, -0.05) is 30.3 Å². The van der Waals surface area contributed by atoms with Crippen LogP contribution in [0.2, 0.25) is 0 Å². The molecule has 2 rings (SSSR count). The van der Waals surface area contributed by atoms with E-state index in [1.54, 1.807) is 35.3 Å². The van der Waals surface area contributed by atoms with Gasteiger partial charge in [0.25, 0.3) is 11.2 Å². The van der Waals surface area contributed by atoms with Crippen molar-refractivity contribution in [2.45, 2.75) is 18.3 Å². The summed E-state index contributed by atoms with van der Waals surface area (Å²) >= 11 is 0. The van der Waals surface area contributed by atoms with Crippen molar-refractivity contribution in [2.75, 3.05) is 12.8 Å². The van der Waals surface area contributed by atoms with Crippen molar-refractivity contribution in [3.8, 4) is 0 Å². The maximum atomic E-state index is 13.4. The molecular weight excluding hydrogens is 359 g/mol. The van der Waals surface area contributed by atoms with E-state index in [1.165, 1.54) is 0 Å². The number of alkyl halides is 3. The highest BCUT2D eigenvalue weighted by Gasteiger charge is 2.64. The van der Waals surface area contributed by atoms with Crippen molar-refractivity contribution in [1.82, 2.24) is 9.55 Å². The summed E-state index contributed by atoms with van der Waals surface area (Å²) in [5, 5.41) is 10.0. The quantitative estimate of drug-likeness (QED) is 0.652. The molecule has 0 unspecified atom stereocenters. The number of anilines is 1. The first-order chi connectivity index (χ1) is 12.0. The molecule has 1 aromatic heterocycles. The number of rotatable bonds is 4. The molecule has 1 atom stereocenters. The van der Waals surface area contributed by atoms with Crippen LogP contribution in [0.15, 0.2) is 39.9 Å². The number of hydrogen-bond donors (Lipinski definition) is 3. The Morgan fingerprint density at radius 2 is 1.85 bits per heavy atom. The molecule has 0 radical (unpaired) electrons. The second-order valence-corrected chi connectivity index (χ2v) is 5.29. The van der Waals surface area contributed by atoms with E-state index in [-0.39, 0.29) is 6.54 Å². The third-order valence-corrected chi connectivity index (χ3v) is 3.68. The first-order valence-electron chi connectivity index (χ1n) is 7.08.